The number of nitrogens with zero attached hydrogens (tertiary/aromatic N) is 2. The minimum atomic E-state index is -4.66. The number of esters is 1. The van der Waals surface area contributed by atoms with Crippen LogP contribution in [0.3, 0.4) is 0 Å². The minimum absolute atomic E-state index is 0.0346. The molecule has 0 spiro atoms. The molecular formula is C38H45F5N2O5. The second kappa shape index (κ2) is 16.3. The van der Waals surface area contributed by atoms with Crippen molar-refractivity contribution in [3.63, 3.8) is 0 Å². The van der Waals surface area contributed by atoms with Crippen LogP contribution in [0.4, 0.5) is 33.3 Å². The number of anilines is 2. The SMILES string of the molecule is CCCCCOC1CCc2c(OCC3(C(=O)OCC)CCN(c4ccc(C(F)(F)F)cc4F)CC3)ccc(F)c2N1Cc1ccc(OC)cc1. The van der Waals surface area contributed by atoms with Crippen LogP contribution >= 0.6 is 0 Å². The molecule has 0 bridgehead atoms. The Bertz CT molecular complexity index is 1590. The first-order valence-electron chi connectivity index (χ1n) is 17.2. The highest BCUT2D eigenvalue weighted by Crippen LogP contribution is 2.43. The Hall–Kier alpha value is -4.06. The second-order valence-electron chi connectivity index (χ2n) is 12.9. The molecule has 2 aliphatic rings. The van der Waals surface area contributed by atoms with E-state index in [2.05, 4.69) is 6.92 Å². The molecule has 12 heteroatoms. The lowest BCUT2D eigenvalue weighted by Gasteiger charge is -2.41. The van der Waals surface area contributed by atoms with Gasteiger partial charge in [0.2, 0.25) is 0 Å². The van der Waals surface area contributed by atoms with Crippen molar-refractivity contribution in [2.75, 3.05) is 49.8 Å². The molecule has 50 heavy (non-hydrogen) atoms. The Kier molecular flexibility index (Phi) is 12.1. The normalized spacial score (nSPS) is 17.3. The number of alkyl halides is 3. The fourth-order valence-electron chi connectivity index (χ4n) is 6.72. The van der Waals surface area contributed by atoms with Crippen LogP contribution in [0.25, 0.3) is 0 Å². The molecule has 0 aromatic heterocycles. The molecule has 3 aromatic carbocycles. The number of piperidine rings is 1. The number of halogens is 5. The van der Waals surface area contributed by atoms with Gasteiger partial charge in [0.1, 0.15) is 41.4 Å². The van der Waals surface area contributed by atoms with Crippen molar-refractivity contribution in [2.45, 2.75) is 77.7 Å². The van der Waals surface area contributed by atoms with Gasteiger partial charge in [0.25, 0.3) is 0 Å². The van der Waals surface area contributed by atoms with Gasteiger partial charge in [-0.25, -0.2) is 8.78 Å². The number of hydrogen-bond donors (Lipinski definition) is 0. The van der Waals surface area contributed by atoms with E-state index in [-0.39, 0.29) is 51.1 Å². The predicted octanol–water partition coefficient (Wildman–Crippen LogP) is 8.71. The number of carbonyl (C=O) groups excluding carboxylic acids is 1. The highest BCUT2D eigenvalue weighted by molar-refractivity contribution is 5.78. The molecule has 2 aliphatic heterocycles. The topological polar surface area (TPSA) is 60.5 Å². The maximum absolute atomic E-state index is 15.8. The first kappa shape index (κ1) is 37.2. The summed E-state index contributed by atoms with van der Waals surface area (Å²) in [6.45, 7) is 5.23. The van der Waals surface area contributed by atoms with Crippen molar-refractivity contribution < 1.29 is 45.7 Å². The van der Waals surface area contributed by atoms with Crippen LogP contribution in [0.5, 0.6) is 11.5 Å². The van der Waals surface area contributed by atoms with Crippen LogP contribution in [0, 0.1) is 17.0 Å². The van der Waals surface area contributed by atoms with Crippen LogP contribution in [-0.4, -0.2) is 52.2 Å². The third-order valence-corrected chi connectivity index (χ3v) is 9.59. The predicted molar refractivity (Wildman–Crippen MR) is 181 cm³/mol. The number of rotatable bonds is 14. The van der Waals surface area contributed by atoms with E-state index in [1.807, 2.05) is 29.2 Å². The number of hydrogen-bond acceptors (Lipinski definition) is 7. The van der Waals surface area contributed by atoms with Crippen LogP contribution in [0.2, 0.25) is 0 Å². The summed E-state index contributed by atoms with van der Waals surface area (Å²) in [5.41, 5.74) is -0.113. The van der Waals surface area contributed by atoms with E-state index in [4.69, 9.17) is 18.9 Å². The van der Waals surface area contributed by atoms with Gasteiger partial charge in [-0.2, -0.15) is 13.2 Å². The van der Waals surface area contributed by atoms with E-state index in [0.717, 1.165) is 37.0 Å². The van der Waals surface area contributed by atoms with Gasteiger partial charge in [0.15, 0.2) is 0 Å². The second-order valence-corrected chi connectivity index (χ2v) is 12.9. The van der Waals surface area contributed by atoms with Crippen molar-refractivity contribution in [3.8, 4) is 11.5 Å². The molecule has 2 heterocycles. The third-order valence-electron chi connectivity index (χ3n) is 9.59. The molecule has 0 radical (unpaired) electrons. The van der Waals surface area contributed by atoms with Crippen molar-refractivity contribution in [3.05, 3.63) is 82.9 Å². The van der Waals surface area contributed by atoms with Crippen molar-refractivity contribution in [2.24, 2.45) is 5.41 Å². The molecule has 272 valence electrons. The van der Waals surface area contributed by atoms with E-state index in [0.29, 0.717) is 54.8 Å². The van der Waals surface area contributed by atoms with E-state index < -0.39 is 34.8 Å². The molecule has 0 amide bonds. The van der Waals surface area contributed by atoms with Gasteiger partial charge in [0.05, 0.1) is 30.7 Å². The lowest BCUT2D eigenvalue weighted by atomic mass is 9.78. The summed E-state index contributed by atoms with van der Waals surface area (Å²) >= 11 is 0. The molecule has 0 saturated carbocycles. The minimum Gasteiger partial charge on any atom is -0.497 e. The monoisotopic (exact) mass is 704 g/mol. The van der Waals surface area contributed by atoms with Crippen LogP contribution in [0.15, 0.2) is 54.6 Å². The molecule has 7 nitrogen and oxygen atoms in total. The van der Waals surface area contributed by atoms with Crippen molar-refractivity contribution >= 4 is 17.3 Å². The average Bonchev–Trinajstić information content (AvgIpc) is 3.10. The maximum atomic E-state index is 15.8. The molecule has 0 N–H and O–H groups in total. The van der Waals surface area contributed by atoms with E-state index in [1.54, 1.807) is 25.0 Å². The summed E-state index contributed by atoms with van der Waals surface area (Å²) in [7, 11) is 1.60. The summed E-state index contributed by atoms with van der Waals surface area (Å²) in [5, 5.41) is 0. The zero-order valence-corrected chi connectivity index (χ0v) is 28.8. The van der Waals surface area contributed by atoms with Gasteiger partial charge in [-0.3, -0.25) is 4.79 Å². The summed E-state index contributed by atoms with van der Waals surface area (Å²) in [6, 6.07) is 13.0. The number of ether oxygens (including phenoxy) is 4. The third kappa shape index (κ3) is 8.45. The largest absolute Gasteiger partial charge is 0.497 e. The Balaban J connectivity index is 1.37. The van der Waals surface area contributed by atoms with Crippen LogP contribution < -0.4 is 19.3 Å². The Morgan fingerprint density at radius 1 is 0.960 bits per heavy atom. The fraction of sp³-hybridized carbons (Fsp3) is 0.500. The van der Waals surface area contributed by atoms with E-state index in [1.165, 1.54) is 6.07 Å². The number of fused-ring (bicyclic) bond motifs is 1. The molecule has 0 aliphatic carbocycles. The Morgan fingerprint density at radius 2 is 1.70 bits per heavy atom. The van der Waals surface area contributed by atoms with Gasteiger partial charge in [0, 0.05) is 31.8 Å². The van der Waals surface area contributed by atoms with Crippen molar-refractivity contribution in [1.82, 2.24) is 0 Å². The highest BCUT2D eigenvalue weighted by Gasteiger charge is 2.45. The van der Waals surface area contributed by atoms with Gasteiger partial charge in [-0.15, -0.1) is 0 Å². The molecule has 1 unspecified atom stereocenters. The number of unbranched alkanes of at least 4 members (excludes halogenated alkanes) is 2. The number of carbonyl (C=O) groups is 1. The summed E-state index contributed by atoms with van der Waals surface area (Å²) in [6.07, 6.45) is -0.495. The lowest BCUT2D eigenvalue weighted by molar-refractivity contribution is -0.159. The molecule has 1 fully saturated rings. The quantitative estimate of drug-likeness (QED) is 0.0946. The molecule has 5 rings (SSSR count). The van der Waals surface area contributed by atoms with Gasteiger partial charge < -0.3 is 28.7 Å². The molecular weight excluding hydrogens is 659 g/mol. The van der Waals surface area contributed by atoms with Gasteiger partial charge in [-0.05, 0) is 87.1 Å². The smallest absolute Gasteiger partial charge is 0.416 e. The summed E-state index contributed by atoms with van der Waals surface area (Å²) in [5.74, 6) is -0.692. The maximum Gasteiger partial charge on any atom is 0.416 e. The zero-order chi connectivity index (χ0) is 35.9. The Morgan fingerprint density at radius 3 is 2.34 bits per heavy atom. The lowest BCUT2D eigenvalue weighted by Crippen LogP contribution is -2.48. The van der Waals surface area contributed by atoms with E-state index >= 15 is 4.39 Å². The molecule has 3 aromatic rings. The standard InChI is InChI=1S/C38H45F5N2O5/c1-4-6-7-22-49-34-17-13-29-33(16-14-30(39)35(29)45(34)24-26-8-11-28(47-3)12-9-26)50-25-37(36(46)48-5-2)18-20-44(21-19-37)32-15-10-27(23-31(32)40)38(41,42)43/h8-12,14-16,23,34H,4-7,13,17-22,24-25H2,1-3H3. The number of methoxy groups -OCH3 is 1. The van der Waals surface area contributed by atoms with Crippen molar-refractivity contribution in [1.29, 1.82) is 0 Å². The van der Waals surface area contributed by atoms with Crippen LogP contribution in [-0.2, 0) is 33.4 Å². The van der Waals surface area contributed by atoms with Gasteiger partial charge in [-0.1, -0.05) is 31.9 Å². The molecule has 1 atom stereocenters. The Labute approximate surface area is 290 Å². The first-order chi connectivity index (χ1) is 24.0. The summed E-state index contributed by atoms with van der Waals surface area (Å²) < 4.78 is 93.5. The van der Waals surface area contributed by atoms with Gasteiger partial charge >= 0.3 is 12.1 Å². The average molecular weight is 705 g/mol. The fourth-order valence-corrected chi connectivity index (χ4v) is 6.72. The number of benzene rings is 3. The summed E-state index contributed by atoms with van der Waals surface area (Å²) in [4.78, 5) is 17.0. The molecule has 1 saturated heterocycles. The van der Waals surface area contributed by atoms with Crippen LogP contribution in [0.1, 0.15) is 69.1 Å². The zero-order valence-electron chi connectivity index (χ0n) is 28.8. The highest BCUT2D eigenvalue weighted by atomic mass is 19.4. The van der Waals surface area contributed by atoms with E-state index in [9.17, 15) is 22.4 Å². The first-order valence-corrected chi connectivity index (χ1v) is 17.2.